The molecule has 18 heavy (non-hydrogen) atoms. The summed E-state index contributed by atoms with van der Waals surface area (Å²) in [4.78, 5) is 22.7. The van der Waals surface area contributed by atoms with E-state index in [-0.39, 0.29) is 17.2 Å². The average molecular weight is 251 g/mol. The smallest absolute Gasteiger partial charge is 0.339 e. The maximum absolute atomic E-state index is 11.8. The molecule has 2 rings (SSSR count). The Balaban J connectivity index is 2.02. The van der Waals surface area contributed by atoms with Crippen molar-refractivity contribution in [2.45, 2.75) is 32.6 Å². The SMILES string of the molecule is CCc1oc(C(=O)NCC2CCC2)cc1C(=O)O. The molecular formula is C13H17NO4. The number of carbonyl (C=O) groups excluding carboxylic acids is 1. The maximum atomic E-state index is 11.8. The number of carbonyl (C=O) groups is 2. The van der Waals surface area contributed by atoms with Gasteiger partial charge in [0.15, 0.2) is 5.76 Å². The first-order valence-electron chi connectivity index (χ1n) is 6.26. The molecule has 0 saturated heterocycles. The van der Waals surface area contributed by atoms with Crippen LogP contribution >= 0.6 is 0 Å². The molecule has 0 bridgehead atoms. The second kappa shape index (κ2) is 5.25. The third-order valence-corrected chi connectivity index (χ3v) is 3.36. The summed E-state index contributed by atoms with van der Waals surface area (Å²) in [7, 11) is 0. The number of carboxylic acids is 1. The first-order chi connectivity index (χ1) is 8.61. The van der Waals surface area contributed by atoms with Gasteiger partial charge in [-0.25, -0.2) is 4.79 Å². The van der Waals surface area contributed by atoms with Crippen LogP contribution in [0.15, 0.2) is 10.5 Å². The number of nitrogens with one attached hydrogen (secondary N) is 1. The topological polar surface area (TPSA) is 79.5 Å². The van der Waals surface area contributed by atoms with Crippen molar-refractivity contribution >= 4 is 11.9 Å². The summed E-state index contributed by atoms with van der Waals surface area (Å²) < 4.78 is 5.28. The van der Waals surface area contributed by atoms with Crippen LogP contribution in [0.1, 0.15) is 52.9 Å². The van der Waals surface area contributed by atoms with E-state index in [1.165, 1.54) is 12.5 Å². The Morgan fingerprint density at radius 2 is 2.22 bits per heavy atom. The van der Waals surface area contributed by atoms with Gasteiger partial charge >= 0.3 is 5.97 Å². The summed E-state index contributed by atoms with van der Waals surface area (Å²) in [6.45, 7) is 2.44. The quantitative estimate of drug-likeness (QED) is 0.839. The van der Waals surface area contributed by atoms with Crippen molar-refractivity contribution < 1.29 is 19.1 Å². The minimum Gasteiger partial charge on any atom is -0.478 e. The molecule has 0 radical (unpaired) electrons. The third-order valence-electron chi connectivity index (χ3n) is 3.36. The number of aryl methyl sites for hydroxylation is 1. The molecule has 0 atom stereocenters. The minimum atomic E-state index is -1.06. The van der Waals surface area contributed by atoms with Gasteiger partial charge in [0.25, 0.3) is 5.91 Å². The lowest BCUT2D eigenvalue weighted by atomic mass is 9.85. The van der Waals surface area contributed by atoms with Gasteiger partial charge in [0.2, 0.25) is 0 Å². The van der Waals surface area contributed by atoms with Crippen LogP contribution in [0.25, 0.3) is 0 Å². The lowest BCUT2D eigenvalue weighted by Crippen LogP contribution is -2.31. The molecule has 0 spiro atoms. The molecule has 0 aromatic carbocycles. The Kier molecular flexibility index (Phi) is 3.69. The van der Waals surface area contributed by atoms with Gasteiger partial charge in [0, 0.05) is 19.0 Å². The summed E-state index contributed by atoms with van der Waals surface area (Å²) in [5, 5.41) is 11.7. The van der Waals surface area contributed by atoms with E-state index in [4.69, 9.17) is 9.52 Å². The number of amides is 1. The largest absolute Gasteiger partial charge is 0.478 e. The lowest BCUT2D eigenvalue weighted by molar-refractivity contribution is 0.0694. The van der Waals surface area contributed by atoms with Gasteiger partial charge in [-0.05, 0) is 18.8 Å². The van der Waals surface area contributed by atoms with E-state index in [0.29, 0.717) is 24.6 Å². The molecule has 1 amide bonds. The first kappa shape index (κ1) is 12.7. The van der Waals surface area contributed by atoms with Crippen molar-refractivity contribution in [2.75, 3.05) is 6.54 Å². The molecular weight excluding hydrogens is 234 g/mol. The van der Waals surface area contributed by atoms with E-state index >= 15 is 0 Å². The van der Waals surface area contributed by atoms with Crippen LogP contribution in [0.4, 0.5) is 0 Å². The third kappa shape index (κ3) is 2.55. The fraction of sp³-hybridized carbons (Fsp3) is 0.538. The van der Waals surface area contributed by atoms with Crippen molar-refractivity contribution in [2.24, 2.45) is 5.92 Å². The molecule has 5 heteroatoms. The van der Waals surface area contributed by atoms with Crippen LogP contribution in [0, 0.1) is 5.92 Å². The Morgan fingerprint density at radius 1 is 1.50 bits per heavy atom. The number of aromatic carboxylic acids is 1. The minimum absolute atomic E-state index is 0.0753. The second-order valence-electron chi connectivity index (χ2n) is 4.61. The molecule has 1 aromatic heterocycles. The monoisotopic (exact) mass is 251 g/mol. The predicted molar refractivity (Wildman–Crippen MR) is 64.7 cm³/mol. The van der Waals surface area contributed by atoms with Crippen molar-refractivity contribution in [3.8, 4) is 0 Å². The van der Waals surface area contributed by atoms with Crippen molar-refractivity contribution in [3.63, 3.8) is 0 Å². The Hall–Kier alpha value is -1.78. The Morgan fingerprint density at radius 3 is 2.67 bits per heavy atom. The van der Waals surface area contributed by atoms with E-state index < -0.39 is 5.97 Å². The molecule has 98 valence electrons. The molecule has 1 aromatic rings. The fourth-order valence-electron chi connectivity index (χ4n) is 2.01. The highest BCUT2D eigenvalue weighted by molar-refractivity contribution is 5.96. The second-order valence-corrected chi connectivity index (χ2v) is 4.61. The number of hydrogen-bond donors (Lipinski definition) is 2. The van der Waals surface area contributed by atoms with E-state index in [1.807, 2.05) is 0 Å². The van der Waals surface area contributed by atoms with Gasteiger partial charge in [-0.1, -0.05) is 13.3 Å². The van der Waals surface area contributed by atoms with E-state index in [2.05, 4.69) is 5.32 Å². The maximum Gasteiger partial charge on any atom is 0.339 e. The number of hydrogen-bond acceptors (Lipinski definition) is 3. The van der Waals surface area contributed by atoms with Gasteiger partial charge in [-0.15, -0.1) is 0 Å². The van der Waals surface area contributed by atoms with Crippen LogP contribution in [0.3, 0.4) is 0 Å². The van der Waals surface area contributed by atoms with E-state index in [9.17, 15) is 9.59 Å². The molecule has 1 fully saturated rings. The highest BCUT2D eigenvalue weighted by Crippen LogP contribution is 2.25. The molecule has 0 aliphatic heterocycles. The highest BCUT2D eigenvalue weighted by atomic mass is 16.4. The zero-order chi connectivity index (χ0) is 13.1. The lowest BCUT2D eigenvalue weighted by Gasteiger charge is -2.25. The Labute approximate surface area is 105 Å². The molecule has 1 aliphatic carbocycles. The molecule has 0 unspecified atom stereocenters. The normalized spacial score (nSPS) is 15.2. The summed E-state index contributed by atoms with van der Waals surface area (Å²) in [5.41, 5.74) is 0.0753. The van der Waals surface area contributed by atoms with Gasteiger partial charge < -0.3 is 14.8 Å². The van der Waals surface area contributed by atoms with Gasteiger partial charge in [0.1, 0.15) is 11.3 Å². The summed E-state index contributed by atoms with van der Waals surface area (Å²) in [6, 6.07) is 1.30. The van der Waals surface area contributed by atoms with Crippen LogP contribution < -0.4 is 5.32 Å². The van der Waals surface area contributed by atoms with Crippen LogP contribution in [0.2, 0.25) is 0 Å². The van der Waals surface area contributed by atoms with Gasteiger partial charge in [0.05, 0.1) is 0 Å². The van der Waals surface area contributed by atoms with Crippen LogP contribution in [-0.2, 0) is 6.42 Å². The zero-order valence-electron chi connectivity index (χ0n) is 10.4. The fourth-order valence-corrected chi connectivity index (χ4v) is 2.01. The molecule has 1 aliphatic rings. The number of carboxylic acid groups (broad SMARTS) is 1. The average Bonchev–Trinajstić information content (AvgIpc) is 2.70. The molecule has 1 saturated carbocycles. The molecule has 2 N–H and O–H groups in total. The van der Waals surface area contributed by atoms with Crippen LogP contribution in [0.5, 0.6) is 0 Å². The highest BCUT2D eigenvalue weighted by Gasteiger charge is 2.22. The number of furan rings is 1. The van der Waals surface area contributed by atoms with E-state index in [1.54, 1.807) is 6.92 Å². The Bertz CT molecular complexity index is 460. The molecule has 5 nitrogen and oxygen atoms in total. The zero-order valence-corrected chi connectivity index (χ0v) is 10.4. The summed E-state index contributed by atoms with van der Waals surface area (Å²) in [5.74, 6) is -0.397. The summed E-state index contributed by atoms with van der Waals surface area (Å²) >= 11 is 0. The van der Waals surface area contributed by atoms with E-state index in [0.717, 1.165) is 12.8 Å². The summed E-state index contributed by atoms with van der Waals surface area (Å²) in [6.07, 6.45) is 3.99. The van der Waals surface area contributed by atoms with Crippen molar-refractivity contribution in [1.29, 1.82) is 0 Å². The van der Waals surface area contributed by atoms with Crippen molar-refractivity contribution in [1.82, 2.24) is 5.32 Å². The molecule has 1 heterocycles. The van der Waals surface area contributed by atoms with Gasteiger partial charge in [-0.2, -0.15) is 0 Å². The van der Waals surface area contributed by atoms with Crippen molar-refractivity contribution in [3.05, 3.63) is 23.2 Å². The number of rotatable bonds is 5. The van der Waals surface area contributed by atoms with Crippen LogP contribution in [-0.4, -0.2) is 23.5 Å². The predicted octanol–water partition coefficient (Wildman–Crippen LogP) is 2.07. The first-order valence-corrected chi connectivity index (χ1v) is 6.26. The van der Waals surface area contributed by atoms with Gasteiger partial charge in [-0.3, -0.25) is 4.79 Å². The standard InChI is InChI=1S/C13H17NO4/c1-2-10-9(13(16)17)6-11(18-10)12(15)14-7-8-4-3-5-8/h6,8H,2-5,7H2,1H3,(H,14,15)(H,16,17).